The van der Waals surface area contributed by atoms with Crippen LogP contribution in [0.5, 0.6) is 0 Å². The zero-order valence-corrected chi connectivity index (χ0v) is 13.5. The SMILES string of the molecule is Cc1nc(N(C)C)sc1-c1nnc(NCC(C)C)s1. The van der Waals surface area contributed by atoms with Crippen molar-refractivity contribution in [2.75, 3.05) is 30.9 Å². The molecular weight excluding hydrogens is 278 g/mol. The fourth-order valence-corrected chi connectivity index (χ4v) is 3.31. The van der Waals surface area contributed by atoms with Gasteiger partial charge in [0, 0.05) is 20.6 Å². The van der Waals surface area contributed by atoms with Crippen molar-refractivity contribution in [3.05, 3.63) is 5.69 Å². The number of hydrogen-bond donors (Lipinski definition) is 1. The molecule has 5 nitrogen and oxygen atoms in total. The van der Waals surface area contributed by atoms with Crippen molar-refractivity contribution in [1.29, 1.82) is 0 Å². The normalized spacial score (nSPS) is 11.1. The second kappa shape index (κ2) is 5.83. The molecule has 7 heteroatoms. The fourth-order valence-electron chi connectivity index (χ4n) is 1.45. The number of anilines is 2. The highest BCUT2D eigenvalue weighted by atomic mass is 32.1. The molecule has 0 aromatic carbocycles. The Morgan fingerprint density at radius 2 is 1.95 bits per heavy atom. The Hall–Kier alpha value is -1.21. The average molecular weight is 297 g/mol. The second-order valence-electron chi connectivity index (χ2n) is 4.99. The number of aryl methyl sites for hydroxylation is 1. The molecule has 0 amide bonds. The van der Waals surface area contributed by atoms with Crippen molar-refractivity contribution < 1.29 is 0 Å². The van der Waals surface area contributed by atoms with E-state index in [-0.39, 0.29) is 0 Å². The zero-order valence-electron chi connectivity index (χ0n) is 11.9. The second-order valence-corrected chi connectivity index (χ2v) is 6.95. The van der Waals surface area contributed by atoms with Crippen molar-refractivity contribution in [2.45, 2.75) is 20.8 Å². The number of hydrogen-bond acceptors (Lipinski definition) is 7. The monoisotopic (exact) mass is 297 g/mol. The van der Waals surface area contributed by atoms with Gasteiger partial charge in [-0.15, -0.1) is 10.2 Å². The Labute approximate surface area is 121 Å². The van der Waals surface area contributed by atoms with E-state index in [1.54, 1.807) is 22.7 Å². The number of thiazole rings is 1. The van der Waals surface area contributed by atoms with Gasteiger partial charge in [-0.25, -0.2) is 4.98 Å². The molecule has 2 aromatic rings. The van der Waals surface area contributed by atoms with Gasteiger partial charge in [0.1, 0.15) is 0 Å². The van der Waals surface area contributed by atoms with E-state index in [1.807, 2.05) is 25.9 Å². The Bertz CT molecular complexity index is 544. The Morgan fingerprint density at radius 3 is 2.53 bits per heavy atom. The molecule has 104 valence electrons. The molecule has 2 aromatic heterocycles. The van der Waals surface area contributed by atoms with E-state index in [9.17, 15) is 0 Å². The van der Waals surface area contributed by atoms with Crippen molar-refractivity contribution in [2.24, 2.45) is 5.92 Å². The minimum Gasteiger partial charge on any atom is -0.360 e. The molecule has 19 heavy (non-hydrogen) atoms. The lowest BCUT2D eigenvalue weighted by Gasteiger charge is -2.04. The topological polar surface area (TPSA) is 53.9 Å². The molecule has 0 atom stereocenters. The smallest absolute Gasteiger partial charge is 0.206 e. The van der Waals surface area contributed by atoms with Crippen LogP contribution >= 0.6 is 22.7 Å². The Balaban J connectivity index is 2.18. The lowest BCUT2D eigenvalue weighted by atomic mass is 10.2. The molecule has 0 fully saturated rings. The molecular formula is C12H19N5S2. The number of rotatable bonds is 5. The van der Waals surface area contributed by atoms with Crippen LogP contribution in [-0.2, 0) is 0 Å². The quantitative estimate of drug-likeness (QED) is 0.919. The van der Waals surface area contributed by atoms with Gasteiger partial charge in [0.05, 0.1) is 10.6 Å². The van der Waals surface area contributed by atoms with E-state index in [0.29, 0.717) is 5.92 Å². The van der Waals surface area contributed by atoms with Crippen LogP contribution < -0.4 is 10.2 Å². The summed E-state index contributed by atoms with van der Waals surface area (Å²) in [4.78, 5) is 7.66. The van der Waals surface area contributed by atoms with Crippen molar-refractivity contribution in [3.8, 4) is 9.88 Å². The molecule has 2 rings (SSSR count). The maximum atomic E-state index is 4.53. The van der Waals surface area contributed by atoms with E-state index in [1.165, 1.54) is 0 Å². The van der Waals surface area contributed by atoms with Crippen LogP contribution in [0.3, 0.4) is 0 Å². The van der Waals surface area contributed by atoms with E-state index < -0.39 is 0 Å². The third kappa shape index (κ3) is 3.42. The van der Waals surface area contributed by atoms with Crippen LogP contribution in [0.15, 0.2) is 0 Å². The summed E-state index contributed by atoms with van der Waals surface area (Å²) >= 11 is 3.24. The van der Waals surface area contributed by atoms with Gasteiger partial charge in [0.2, 0.25) is 5.13 Å². The maximum absolute atomic E-state index is 4.53. The molecule has 0 aliphatic heterocycles. The third-order valence-electron chi connectivity index (χ3n) is 2.45. The van der Waals surface area contributed by atoms with Crippen LogP contribution in [-0.4, -0.2) is 35.8 Å². The van der Waals surface area contributed by atoms with Crippen LogP contribution in [0.25, 0.3) is 9.88 Å². The molecule has 0 aliphatic carbocycles. The van der Waals surface area contributed by atoms with Crippen LogP contribution in [0, 0.1) is 12.8 Å². The average Bonchev–Trinajstić information content (AvgIpc) is 2.92. The van der Waals surface area contributed by atoms with Gasteiger partial charge in [-0.1, -0.05) is 36.5 Å². The molecule has 0 saturated heterocycles. The number of aromatic nitrogens is 3. The van der Waals surface area contributed by atoms with Gasteiger partial charge in [-0.2, -0.15) is 0 Å². The minimum atomic E-state index is 0.595. The number of nitrogens with zero attached hydrogens (tertiary/aromatic N) is 4. The first kappa shape index (κ1) is 14.2. The predicted octanol–water partition coefficient (Wildman–Crippen LogP) is 3.10. The fraction of sp³-hybridized carbons (Fsp3) is 0.583. The first-order valence-electron chi connectivity index (χ1n) is 6.20. The molecule has 0 aliphatic rings. The highest BCUT2D eigenvalue weighted by molar-refractivity contribution is 7.25. The van der Waals surface area contributed by atoms with Crippen LogP contribution in [0.2, 0.25) is 0 Å². The van der Waals surface area contributed by atoms with Gasteiger partial charge in [-0.05, 0) is 12.8 Å². The lowest BCUT2D eigenvalue weighted by molar-refractivity contribution is 0.687. The Morgan fingerprint density at radius 1 is 1.21 bits per heavy atom. The maximum Gasteiger partial charge on any atom is 0.206 e. The highest BCUT2D eigenvalue weighted by Gasteiger charge is 2.15. The van der Waals surface area contributed by atoms with Gasteiger partial charge in [-0.3, -0.25) is 0 Å². The van der Waals surface area contributed by atoms with Crippen molar-refractivity contribution in [1.82, 2.24) is 15.2 Å². The van der Waals surface area contributed by atoms with Crippen molar-refractivity contribution in [3.63, 3.8) is 0 Å². The van der Waals surface area contributed by atoms with E-state index >= 15 is 0 Å². The summed E-state index contributed by atoms with van der Waals surface area (Å²) in [5.41, 5.74) is 1.01. The molecule has 0 radical (unpaired) electrons. The summed E-state index contributed by atoms with van der Waals surface area (Å²) in [6, 6.07) is 0. The molecule has 2 heterocycles. The van der Waals surface area contributed by atoms with E-state index in [2.05, 4.69) is 34.3 Å². The van der Waals surface area contributed by atoms with Gasteiger partial charge in [0.15, 0.2) is 10.1 Å². The number of nitrogens with one attached hydrogen (secondary N) is 1. The summed E-state index contributed by atoms with van der Waals surface area (Å²) in [6.07, 6.45) is 0. The van der Waals surface area contributed by atoms with Gasteiger partial charge in [0.25, 0.3) is 0 Å². The molecule has 1 N–H and O–H groups in total. The summed E-state index contributed by atoms with van der Waals surface area (Å²) in [6.45, 7) is 7.28. The van der Waals surface area contributed by atoms with Crippen LogP contribution in [0.4, 0.5) is 10.3 Å². The summed E-state index contributed by atoms with van der Waals surface area (Å²) in [7, 11) is 4.00. The largest absolute Gasteiger partial charge is 0.360 e. The summed E-state index contributed by atoms with van der Waals surface area (Å²) in [5.74, 6) is 0.595. The molecule has 0 unspecified atom stereocenters. The van der Waals surface area contributed by atoms with Gasteiger partial charge >= 0.3 is 0 Å². The minimum absolute atomic E-state index is 0.595. The van der Waals surface area contributed by atoms with Crippen molar-refractivity contribution >= 4 is 32.9 Å². The van der Waals surface area contributed by atoms with E-state index in [4.69, 9.17) is 0 Å². The zero-order chi connectivity index (χ0) is 14.0. The summed E-state index contributed by atoms with van der Waals surface area (Å²) in [5, 5.41) is 14.6. The molecule has 0 spiro atoms. The highest BCUT2D eigenvalue weighted by Crippen LogP contribution is 2.36. The molecule has 0 bridgehead atoms. The first-order chi connectivity index (χ1) is 8.97. The molecule has 0 saturated carbocycles. The Kier molecular flexibility index (Phi) is 4.36. The first-order valence-corrected chi connectivity index (χ1v) is 7.83. The standard InChI is InChI=1S/C12H19N5S2/c1-7(2)6-13-11-16-15-10(19-11)9-8(3)14-12(18-9)17(4)5/h7H,6H2,1-5H3,(H,13,16). The lowest BCUT2D eigenvalue weighted by Crippen LogP contribution is -2.07. The third-order valence-corrected chi connectivity index (χ3v) is 4.81. The van der Waals surface area contributed by atoms with Crippen LogP contribution in [0.1, 0.15) is 19.5 Å². The van der Waals surface area contributed by atoms with Gasteiger partial charge < -0.3 is 10.2 Å². The predicted molar refractivity (Wildman–Crippen MR) is 83.4 cm³/mol. The summed E-state index contributed by atoms with van der Waals surface area (Å²) < 4.78 is 0. The van der Waals surface area contributed by atoms with E-state index in [0.717, 1.165) is 32.4 Å².